The van der Waals surface area contributed by atoms with Crippen LogP contribution in [0.1, 0.15) is 23.2 Å². The number of morpholine rings is 1. The molecule has 2 aromatic heterocycles. The van der Waals surface area contributed by atoms with Crippen molar-refractivity contribution in [3.05, 3.63) is 34.9 Å². The van der Waals surface area contributed by atoms with Gasteiger partial charge in [-0.3, -0.25) is 9.59 Å². The second-order valence-corrected chi connectivity index (χ2v) is 8.27. The summed E-state index contributed by atoms with van der Waals surface area (Å²) in [6.45, 7) is 4.91. The number of hydrogen-bond acceptors (Lipinski definition) is 8. The number of methoxy groups -OCH3 is 1. The Balaban J connectivity index is 1.69. The molecule has 186 valence electrons. The molecule has 5 N–H and O–H groups in total. The molecule has 0 aliphatic carbocycles. The van der Waals surface area contributed by atoms with Gasteiger partial charge in [-0.05, 0) is 19.1 Å². The number of carbonyl (C=O) groups is 2. The van der Waals surface area contributed by atoms with Crippen LogP contribution < -0.4 is 26.1 Å². The van der Waals surface area contributed by atoms with Crippen molar-refractivity contribution in [1.29, 1.82) is 0 Å². The maximum atomic E-state index is 13.1. The van der Waals surface area contributed by atoms with Gasteiger partial charge < -0.3 is 31.2 Å². The Hall–Kier alpha value is -3.64. The number of nitrogens with one attached hydrogen (secondary N) is 1. The molecule has 2 amide bonds. The van der Waals surface area contributed by atoms with Crippen molar-refractivity contribution in [2.24, 2.45) is 0 Å². The molecule has 0 spiro atoms. The lowest BCUT2D eigenvalue weighted by Gasteiger charge is -2.26. The van der Waals surface area contributed by atoms with Gasteiger partial charge >= 0.3 is 0 Å². The van der Waals surface area contributed by atoms with Gasteiger partial charge in [0.15, 0.2) is 40.1 Å². The standard InChI is InChI=1S/C22H27ClN8O4/c1-3-30-15-10-13(34-2)4-5-14(15)31(12-17(32)29-6-8-35-9-7-29)16(30)11-26-22(33)18-20(24)28-21(25)19(23)27-18/h4-5,10H,3,6-9,11-12H2,1-2H3,(H4-,24,25,26,28,33)/p+1. The summed E-state index contributed by atoms with van der Waals surface area (Å²) in [6, 6.07) is 5.65. The summed E-state index contributed by atoms with van der Waals surface area (Å²) in [7, 11) is 1.60. The smallest absolute Gasteiger partial charge is 0.277 e. The van der Waals surface area contributed by atoms with Gasteiger partial charge in [0.2, 0.25) is 0 Å². The summed E-state index contributed by atoms with van der Waals surface area (Å²) >= 11 is 5.93. The van der Waals surface area contributed by atoms with Gasteiger partial charge in [0, 0.05) is 19.2 Å². The molecule has 35 heavy (non-hydrogen) atoms. The summed E-state index contributed by atoms with van der Waals surface area (Å²) in [5.41, 5.74) is 13.0. The van der Waals surface area contributed by atoms with Gasteiger partial charge in [0.05, 0.1) is 26.9 Å². The van der Waals surface area contributed by atoms with Crippen LogP contribution in [0.3, 0.4) is 0 Å². The Morgan fingerprint density at radius 3 is 2.66 bits per heavy atom. The number of nitrogens with zero attached hydrogens (tertiary/aromatic N) is 5. The highest BCUT2D eigenvalue weighted by atomic mass is 35.5. The molecule has 13 heteroatoms. The lowest BCUT2D eigenvalue weighted by molar-refractivity contribution is -0.668. The number of nitrogen functional groups attached to an aromatic ring is 2. The third-order valence-electron chi connectivity index (χ3n) is 5.89. The van der Waals surface area contributed by atoms with E-state index in [9.17, 15) is 9.59 Å². The second-order valence-electron chi connectivity index (χ2n) is 7.91. The van der Waals surface area contributed by atoms with Crippen LogP contribution in [0.4, 0.5) is 11.6 Å². The number of nitrogens with two attached hydrogens (primary N) is 2. The molecule has 0 radical (unpaired) electrons. The first-order valence-electron chi connectivity index (χ1n) is 11.1. The molecule has 1 saturated heterocycles. The van der Waals surface area contributed by atoms with E-state index >= 15 is 0 Å². The first-order valence-corrected chi connectivity index (χ1v) is 11.5. The van der Waals surface area contributed by atoms with Crippen LogP contribution in [-0.2, 0) is 29.2 Å². The largest absolute Gasteiger partial charge is 0.497 e. The van der Waals surface area contributed by atoms with Crippen LogP contribution >= 0.6 is 11.6 Å². The zero-order valence-electron chi connectivity index (χ0n) is 19.6. The number of aryl methyl sites for hydroxylation is 1. The van der Waals surface area contributed by atoms with Crippen molar-refractivity contribution in [1.82, 2.24) is 24.8 Å². The fraction of sp³-hybridized carbons (Fsp3) is 0.409. The third kappa shape index (κ3) is 4.93. The van der Waals surface area contributed by atoms with Crippen LogP contribution in [0.15, 0.2) is 18.2 Å². The molecule has 1 fully saturated rings. The molecule has 0 unspecified atom stereocenters. The average molecular weight is 504 g/mol. The predicted octanol–water partition coefficient (Wildman–Crippen LogP) is 0.354. The first-order chi connectivity index (χ1) is 16.8. The van der Waals surface area contributed by atoms with Gasteiger partial charge in [-0.2, -0.15) is 0 Å². The fourth-order valence-electron chi connectivity index (χ4n) is 4.12. The van der Waals surface area contributed by atoms with Crippen LogP contribution in [0, 0.1) is 0 Å². The summed E-state index contributed by atoms with van der Waals surface area (Å²) in [5.74, 6) is 0.636. The van der Waals surface area contributed by atoms with Gasteiger partial charge in [-0.1, -0.05) is 11.6 Å². The molecule has 3 heterocycles. The minimum atomic E-state index is -0.562. The highest BCUT2D eigenvalue weighted by molar-refractivity contribution is 6.31. The molecule has 1 aliphatic rings. The highest BCUT2D eigenvalue weighted by Crippen LogP contribution is 2.22. The molecule has 4 rings (SSSR count). The van der Waals surface area contributed by atoms with Crippen molar-refractivity contribution < 1.29 is 23.6 Å². The lowest BCUT2D eigenvalue weighted by Crippen LogP contribution is -2.50. The Morgan fingerprint density at radius 2 is 1.97 bits per heavy atom. The molecule has 1 aliphatic heterocycles. The number of ether oxygens (including phenoxy) is 2. The maximum absolute atomic E-state index is 13.1. The maximum Gasteiger partial charge on any atom is 0.277 e. The minimum Gasteiger partial charge on any atom is -0.497 e. The SMILES string of the molecule is CCn1c(CNC(=O)c2nc(Cl)c(N)nc2N)[n+](CC(=O)N2CCOCC2)c2ccc(OC)cc21. The van der Waals surface area contributed by atoms with E-state index in [1.54, 1.807) is 12.0 Å². The Labute approximate surface area is 206 Å². The monoisotopic (exact) mass is 503 g/mol. The molecular formula is C22H28ClN8O4+. The van der Waals surface area contributed by atoms with E-state index in [4.69, 9.17) is 32.5 Å². The zero-order valence-corrected chi connectivity index (χ0v) is 20.3. The fourth-order valence-corrected chi connectivity index (χ4v) is 4.25. The van der Waals surface area contributed by atoms with E-state index < -0.39 is 5.91 Å². The van der Waals surface area contributed by atoms with Crippen molar-refractivity contribution in [3.63, 3.8) is 0 Å². The number of imidazole rings is 1. The van der Waals surface area contributed by atoms with Crippen molar-refractivity contribution >= 4 is 46.1 Å². The third-order valence-corrected chi connectivity index (χ3v) is 6.17. The number of amides is 2. The minimum absolute atomic E-state index is 0.0303. The van der Waals surface area contributed by atoms with Crippen LogP contribution in [-0.4, -0.2) is 64.7 Å². The van der Waals surface area contributed by atoms with Crippen LogP contribution in [0.25, 0.3) is 11.0 Å². The topological polar surface area (TPSA) is 154 Å². The molecule has 1 aromatic carbocycles. The van der Waals surface area contributed by atoms with E-state index in [-0.39, 0.29) is 41.5 Å². The summed E-state index contributed by atoms with van der Waals surface area (Å²) < 4.78 is 14.7. The summed E-state index contributed by atoms with van der Waals surface area (Å²) in [5, 5.41) is 2.72. The van der Waals surface area contributed by atoms with E-state index in [1.807, 2.05) is 34.3 Å². The van der Waals surface area contributed by atoms with Gasteiger partial charge in [-0.25, -0.2) is 19.1 Å². The molecular weight excluding hydrogens is 476 g/mol. The van der Waals surface area contributed by atoms with Crippen LogP contribution in [0.5, 0.6) is 5.75 Å². The number of anilines is 2. The normalized spacial score (nSPS) is 13.7. The zero-order chi connectivity index (χ0) is 25.1. The molecule has 3 aromatic rings. The predicted molar refractivity (Wildman–Crippen MR) is 129 cm³/mol. The van der Waals surface area contributed by atoms with Crippen molar-refractivity contribution in [3.8, 4) is 5.75 Å². The number of benzene rings is 1. The number of rotatable bonds is 7. The van der Waals surface area contributed by atoms with E-state index in [0.717, 1.165) is 16.9 Å². The summed E-state index contributed by atoms with van der Waals surface area (Å²) in [4.78, 5) is 35.6. The Kier molecular flexibility index (Phi) is 7.22. The van der Waals surface area contributed by atoms with E-state index in [0.29, 0.717) is 38.6 Å². The van der Waals surface area contributed by atoms with Gasteiger partial charge in [0.1, 0.15) is 12.3 Å². The number of carbonyl (C=O) groups excluding carboxylic acids is 2. The number of halogens is 1. The number of aromatic nitrogens is 4. The highest BCUT2D eigenvalue weighted by Gasteiger charge is 2.29. The second kappa shape index (κ2) is 10.3. The van der Waals surface area contributed by atoms with Crippen molar-refractivity contribution in [2.45, 2.75) is 26.6 Å². The first kappa shape index (κ1) is 24.5. The Bertz CT molecular complexity index is 1270. The Morgan fingerprint density at radius 1 is 1.23 bits per heavy atom. The molecule has 0 atom stereocenters. The van der Waals surface area contributed by atoms with Crippen molar-refractivity contribution in [2.75, 3.05) is 44.9 Å². The van der Waals surface area contributed by atoms with E-state index in [1.165, 1.54) is 0 Å². The van der Waals surface area contributed by atoms with Crippen LogP contribution in [0.2, 0.25) is 5.15 Å². The summed E-state index contributed by atoms with van der Waals surface area (Å²) in [6.07, 6.45) is 0. The van der Waals surface area contributed by atoms with Gasteiger partial charge in [-0.15, -0.1) is 0 Å². The number of hydrogen-bond donors (Lipinski definition) is 3. The number of fused-ring (bicyclic) bond motifs is 1. The lowest BCUT2D eigenvalue weighted by atomic mass is 10.3. The van der Waals surface area contributed by atoms with E-state index in [2.05, 4.69) is 15.3 Å². The molecule has 12 nitrogen and oxygen atoms in total. The average Bonchev–Trinajstić information content (AvgIpc) is 3.16. The molecule has 0 bridgehead atoms. The van der Waals surface area contributed by atoms with Gasteiger partial charge in [0.25, 0.3) is 17.6 Å². The quantitative estimate of drug-likeness (QED) is 0.390. The molecule has 0 saturated carbocycles.